The lowest BCUT2D eigenvalue weighted by atomic mass is 10.3. The second-order valence-corrected chi connectivity index (χ2v) is 4.81. The number of ether oxygens (including phenoxy) is 1. The molecule has 0 fully saturated rings. The first-order chi connectivity index (χ1) is 10.0. The highest BCUT2D eigenvalue weighted by atomic mass is 35.5. The van der Waals surface area contributed by atoms with E-state index in [9.17, 15) is 8.78 Å². The third kappa shape index (κ3) is 4.84. The number of hydrogen-bond donors (Lipinski definition) is 2. The van der Waals surface area contributed by atoms with E-state index in [1.165, 1.54) is 6.07 Å². The Kier molecular flexibility index (Phi) is 5.30. The lowest BCUT2D eigenvalue weighted by Crippen LogP contribution is -2.19. The van der Waals surface area contributed by atoms with Gasteiger partial charge >= 0.3 is 6.61 Å². The van der Waals surface area contributed by atoms with E-state index in [2.05, 4.69) is 15.4 Å². The number of hydrogen-bond acceptors (Lipinski definition) is 2. The lowest BCUT2D eigenvalue weighted by molar-refractivity contribution is -0.0493. The van der Waals surface area contributed by atoms with Gasteiger partial charge in [0.25, 0.3) is 0 Å². The van der Waals surface area contributed by atoms with Crippen LogP contribution in [-0.2, 0) is 0 Å². The molecule has 21 heavy (non-hydrogen) atoms. The molecule has 0 atom stereocenters. The summed E-state index contributed by atoms with van der Waals surface area (Å²) in [6, 6.07) is 13.2. The zero-order valence-corrected chi connectivity index (χ0v) is 12.2. The van der Waals surface area contributed by atoms with Crippen molar-refractivity contribution in [3.63, 3.8) is 0 Å². The number of thiocarbonyl (C=S) groups is 1. The molecular weight excluding hydrogens is 318 g/mol. The lowest BCUT2D eigenvalue weighted by Gasteiger charge is -2.14. The van der Waals surface area contributed by atoms with Crippen LogP contribution in [0.15, 0.2) is 48.5 Å². The second kappa shape index (κ2) is 7.19. The minimum absolute atomic E-state index is 0.0211. The van der Waals surface area contributed by atoms with Gasteiger partial charge in [0, 0.05) is 10.7 Å². The molecular formula is C14H11ClF2N2OS. The van der Waals surface area contributed by atoms with Crippen molar-refractivity contribution in [1.29, 1.82) is 0 Å². The molecule has 0 spiro atoms. The topological polar surface area (TPSA) is 33.3 Å². The van der Waals surface area contributed by atoms with Crippen LogP contribution in [0.25, 0.3) is 0 Å². The summed E-state index contributed by atoms with van der Waals surface area (Å²) in [7, 11) is 0. The fourth-order valence-electron chi connectivity index (χ4n) is 1.59. The molecule has 0 amide bonds. The van der Waals surface area contributed by atoms with Gasteiger partial charge in [-0.2, -0.15) is 8.78 Å². The van der Waals surface area contributed by atoms with Crippen LogP contribution in [0.5, 0.6) is 5.75 Å². The summed E-state index contributed by atoms with van der Waals surface area (Å²) in [4.78, 5) is 0. The van der Waals surface area contributed by atoms with E-state index in [1.807, 2.05) is 0 Å². The summed E-state index contributed by atoms with van der Waals surface area (Å²) < 4.78 is 29.0. The SMILES string of the molecule is FC(F)Oc1ccccc1NC(=S)Nc1ccc(Cl)cc1. The Morgan fingerprint density at radius 2 is 1.71 bits per heavy atom. The van der Waals surface area contributed by atoms with Crippen LogP contribution >= 0.6 is 23.8 Å². The van der Waals surface area contributed by atoms with Crippen LogP contribution < -0.4 is 15.4 Å². The van der Waals surface area contributed by atoms with Crippen LogP contribution in [0.3, 0.4) is 0 Å². The Hall–Kier alpha value is -1.92. The molecule has 7 heteroatoms. The maximum Gasteiger partial charge on any atom is 0.387 e. The summed E-state index contributed by atoms with van der Waals surface area (Å²) in [5.41, 5.74) is 1.08. The van der Waals surface area contributed by atoms with Gasteiger partial charge in [0.15, 0.2) is 5.11 Å². The van der Waals surface area contributed by atoms with Crippen LogP contribution in [-0.4, -0.2) is 11.7 Å². The van der Waals surface area contributed by atoms with Crippen molar-refractivity contribution in [3.05, 3.63) is 53.6 Å². The van der Waals surface area contributed by atoms with Gasteiger partial charge in [-0.3, -0.25) is 0 Å². The maximum absolute atomic E-state index is 12.3. The minimum Gasteiger partial charge on any atom is -0.433 e. The maximum atomic E-state index is 12.3. The van der Waals surface area contributed by atoms with Gasteiger partial charge in [-0.15, -0.1) is 0 Å². The molecule has 2 rings (SSSR count). The number of halogens is 3. The van der Waals surface area contributed by atoms with Crippen LogP contribution in [0.1, 0.15) is 0 Å². The third-order valence-electron chi connectivity index (χ3n) is 2.45. The average Bonchev–Trinajstić information content (AvgIpc) is 2.43. The van der Waals surface area contributed by atoms with E-state index < -0.39 is 6.61 Å². The third-order valence-corrected chi connectivity index (χ3v) is 2.91. The van der Waals surface area contributed by atoms with E-state index in [4.69, 9.17) is 23.8 Å². The Labute approximate surface area is 130 Å². The summed E-state index contributed by atoms with van der Waals surface area (Å²) in [5.74, 6) is 0.0211. The van der Waals surface area contributed by atoms with E-state index in [0.29, 0.717) is 10.7 Å². The standard InChI is InChI=1S/C14H11ClF2N2OS/c15-9-5-7-10(8-6-9)18-14(21)19-11-3-1-2-4-12(11)20-13(16)17/h1-8,13H,(H2,18,19,21). The summed E-state index contributed by atoms with van der Waals surface area (Å²) in [6.45, 7) is -2.90. The van der Waals surface area contributed by atoms with E-state index in [-0.39, 0.29) is 10.9 Å². The second-order valence-electron chi connectivity index (χ2n) is 3.96. The monoisotopic (exact) mass is 328 g/mol. The molecule has 110 valence electrons. The summed E-state index contributed by atoms with van der Waals surface area (Å²) in [6.07, 6.45) is 0. The Bertz CT molecular complexity index is 623. The van der Waals surface area contributed by atoms with Crippen molar-refractivity contribution in [1.82, 2.24) is 0 Å². The molecule has 2 aromatic rings. The predicted octanol–water partition coefficient (Wildman–Crippen LogP) is 4.75. The van der Waals surface area contributed by atoms with Gasteiger partial charge in [0.05, 0.1) is 5.69 Å². The van der Waals surface area contributed by atoms with Crippen molar-refractivity contribution in [2.75, 3.05) is 10.6 Å². The first-order valence-electron chi connectivity index (χ1n) is 5.92. The van der Waals surface area contributed by atoms with Crippen LogP contribution in [0, 0.1) is 0 Å². The molecule has 3 nitrogen and oxygen atoms in total. The smallest absolute Gasteiger partial charge is 0.387 e. The number of anilines is 2. The fraction of sp³-hybridized carbons (Fsp3) is 0.0714. The van der Waals surface area contributed by atoms with E-state index in [1.54, 1.807) is 42.5 Å². The van der Waals surface area contributed by atoms with Gasteiger partial charge < -0.3 is 15.4 Å². The van der Waals surface area contributed by atoms with Gasteiger partial charge in [-0.1, -0.05) is 23.7 Å². The van der Waals surface area contributed by atoms with Gasteiger partial charge in [0.2, 0.25) is 0 Å². The Morgan fingerprint density at radius 3 is 2.38 bits per heavy atom. The highest BCUT2D eigenvalue weighted by Gasteiger charge is 2.10. The molecule has 0 aliphatic carbocycles. The van der Waals surface area contributed by atoms with Crippen molar-refractivity contribution < 1.29 is 13.5 Å². The fourth-order valence-corrected chi connectivity index (χ4v) is 1.94. The Balaban J connectivity index is 2.04. The highest BCUT2D eigenvalue weighted by Crippen LogP contribution is 2.25. The first kappa shape index (κ1) is 15.5. The van der Waals surface area contributed by atoms with E-state index >= 15 is 0 Å². The average molecular weight is 329 g/mol. The van der Waals surface area contributed by atoms with Gasteiger partial charge in [-0.05, 0) is 48.6 Å². The molecule has 0 aliphatic heterocycles. The first-order valence-corrected chi connectivity index (χ1v) is 6.70. The zero-order chi connectivity index (χ0) is 15.2. The number of rotatable bonds is 4. The zero-order valence-electron chi connectivity index (χ0n) is 10.6. The number of benzene rings is 2. The minimum atomic E-state index is -2.90. The molecule has 0 bridgehead atoms. The highest BCUT2D eigenvalue weighted by molar-refractivity contribution is 7.80. The van der Waals surface area contributed by atoms with Crippen molar-refractivity contribution >= 4 is 40.3 Å². The normalized spacial score (nSPS) is 10.3. The quantitative estimate of drug-likeness (QED) is 0.793. The predicted molar refractivity (Wildman–Crippen MR) is 84.4 cm³/mol. The molecule has 0 heterocycles. The number of para-hydroxylation sites is 2. The molecule has 0 saturated carbocycles. The molecule has 0 aliphatic rings. The largest absolute Gasteiger partial charge is 0.433 e. The molecule has 0 unspecified atom stereocenters. The molecule has 0 saturated heterocycles. The van der Waals surface area contributed by atoms with Crippen LogP contribution in [0.4, 0.5) is 20.2 Å². The van der Waals surface area contributed by atoms with Gasteiger partial charge in [0.1, 0.15) is 5.75 Å². The molecule has 0 radical (unpaired) electrons. The number of alkyl halides is 2. The van der Waals surface area contributed by atoms with Crippen molar-refractivity contribution in [2.45, 2.75) is 6.61 Å². The number of nitrogens with one attached hydrogen (secondary N) is 2. The molecule has 2 aromatic carbocycles. The van der Waals surface area contributed by atoms with Crippen LogP contribution in [0.2, 0.25) is 5.02 Å². The van der Waals surface area contributed by atoms with Crippen molar-refractivity contribution in [3.8, 4) is 5.75 Å². The van der Waals surface area contributed by atoms with Crippen molar-refractivity contribution in [2.24, 2.45) is 0 Å². The van der Waals surface area contributed by atoms with Gasteiger partial charge in [-0.25, -0.2) is 0 Å². The van der Waals surface area contributed by atoms with E-state index in [0.717, 1.165) is 5.69 Å². The summed E-state index contributed by atoms with van der Waals surface area (Å²) in [5, 5.41) is 6.58. The Morgan fingerprint density at radius 1 is 1.05 bits per heavy atom. The molecule has 2 N–H and O–H groups in total. The summed E-state index contributed by atoms with van der Waals surface area (Å²) >= 11 is 10.9. The molecule has 0 aromatic heterocycles.